The van der Waals surface area contributed by atoms with E-state index in [4.69, 9.17) is 9.97 Å². The van der Waals surface area contributed by atoms with Crippen LogP contribution in [0.15, 0.2) is 200 Å². The van der Waals surface area contributed by atoms with Gasteiger partial charge in [-0.3, -0.25) is 0 Å². The highest BCUT2D eigenvalue weighted by molar-refractivity contribution is 6.19. The van der Waals surface area contributed by atoms with E-state index >= 15 is 0 Å². The van der Waals surface area contributed by atoms with Gasteiger partial charge < -0.3 is 4.90 Å². The van der Waals surface area contributed by atoms with Crippen molar-refractivity contribution in [2.45, 2.75) is 0 Å². The molecule has 0 saturated carbocycles. The Morgan fingerprint density at radius 2 is 0.849 bits per heavy atom. The van der Waals surface area contributed by atoms with Gasteiger partial charge in [0, 0.05) is 33.6 Å². The summed E-state index contributed by atoms with van der Waals surface area (Å²) in [5.41, 5.74) is 11.3. The van der Waals surface area contributed by atoms with E-state index in [1.165, 1.54) is 21.9 Å². The fourth-order valence-electron chi connectivity index (χ4n) is 7.61. The molecule has 53 heavy (non-hydrogen) atoms. The third-order valence-corrected chi connectivity index (χ3v) is 10.2. The third-order valence-electron chi connectivity index (χ3n) is 10.2. The van der Waals surface area contributed by atoms with Gasteiger partial charge in [-0.05, 0) is 80.5 Å². The third kappa shape index (κ3) is 5.56. The quantitative estimate of drug-likeness (QED) is 0.164. The second-order valence-corrected chi connectivity index (χ2v) is 13.4. The average molecular weight is 676 g/mol. The molecule has 0 aliphatic rings. The van der Waals surface area contributed by atoms with Crippen molar-refractivity contribution in [2.75, 3.05) is 4.90 Å². The first-order valence-corrected chi connectivity index (χ1v) is 18.0. The van der Waals surface area contributed by atoms with Gasteiger partial charge in [0.15, 0.2) is 0 Å². The summed E-state index contributed by atoms with van der Waals surface area (Å²) in [7, 11) is 0. The molecule has 3 nitrogen and oxygen atoms in total. The van der Waals surface area contributed by atoms with E-state index in [2.05, 4.69) is 193 Å². The number of anilines is 3. The van der Waals surface area contributed by atoms with Crippen LogP contribution in [0.4, 0.5) is 17.1 Å². The molecule has 0 aliphatic carbocycles. The average Bonchev–Trinajstić information content (AvgIpc) is 3.24. The van der Waals surface area contributed by atoms with E-state index in [0.29, 0.717) is 0 Å². The van der Waals surface area contributed by atoms with Crippen molar-refractivity contribution in [3.8, 4) is 33.6 Å². The predicted molar refractivity (Wildman–Crippen MR) is 223 cm³/mol. The molecule has 3 heteroatoms. The van der Waals surface area contributed by atoms with Crippen LogP contribution in [0.1, 0.15) is 0 Å². The number of fused-ring (bicyclic) bond motifs is 6. The molecule has 0 bridgehead atoms. The van der Waals surface area contributed by atoms with E-state index in [1.807, 2.05) is 12.1 Å². The van der Waals surface area contributed by atoms with Crippen molar-refractivity contribution in [2.24, 2.45) is 0 Å². The van der Waals surface area contributed by atoms with Crippen molar-refractivity contribution < 1.29 is 0 Å². The maximum atomic E-state index is 5.45. The van der Waals surface area contributed by atoms with Crippen molar-refractivity contribution in [3.05, 3.63) is 200 Å². The SMILES string of the molecule is c1ccc(-c2cccc(N(c3ccc4ccccc4c3)c3ccc4c(ccc5ccc6nc(-c7ccccc7)c(-c7ccccc7)nc6c54)c3)c2)cc1. The highest BCUT2D eigenvalue weighted by Crippen LogP contribution is 2.41. The number of benzene rings is 9. The second-order valence-electron chi connectivity index (χ2n) is 13.4. The molecular formula is C50H33N3. The van der Waals surface area contributed by atoms with Crippen LogP contribution >= 0.6 is 0 Å². The molecule has 0 saturated heterocycles. The first kappa shape index (κ1) is 30.7. The number of nitrogens with zero attached hydrogens (tertiary/aromatic N) is 3. The van der Waals surface area contributed by atoms with Crippen LogP contribution in [0.5, 0.6) is 0 Å². The zero-order valence-electron chi connectivity index (χ0n) is 28.9. The van der Waals surface area contributed by atoms with Crippen LogP contribution in [0.3, 0.4) is 0 Å². The molecule has 0 unspecified atom stereocenters. The number of hydrogen-bond donors (Lipinski definition) is 0. The van der Waals surface area contributed by atoms with E-state index in [-0.39, 0.29) is 0 Å². The number of aromatic nitrogens is 2. The van der Waals surface area contributed by atoms with Crippen LogP contribution < -0.4 is 4.90 Å². The Labute approximate surface area is 308 Å². The highest BCUT2D eigenvalue weighted by Gasteiger charge is 2.18. The lowest BCUT2D eigenvalue weighted by molar-refractivity contribution is 1.29. The van der Waals surface area contributed by atoms with Gasteiger partial charge in [0.2, 0.25) is 0 Å². The molecule has 0 fully saturated rings. The summed E-state index contributed by atoms with van der Waals surface area (Å²) in [6.07, 6.45) is 0. The summed E-state index contributed by atoms with van der Waals surface area (Å²) in [5.74, 6) is 0. The maximum absolute atomic E-state index is 5.45. The molecular weight excluding hydrogens is 643 g/mol. The molecule has 9 aromatic carbocycles. The first-order chi connectivity index (χ1) is 26.3. The highest BCUT2D eigenvalue weighted by atomic mass is 15.1. The number of hydrogen-bond acceptors (Lipinski definition) is 3. The summed E-state index contributed by atoms with van der Waals surface area (Å²) in [4.78, 5) is 13.1. The Morgan fingerprint density at radius 3 is 1.58 bits per heavy atom. The van der Waals surface area contributed by atoms with E-state index in [1.54, 1.807) is 0 Å². The maximum Gasteiger partial charge on any atom is 0.0979 e. The van der Waals surface area contributed by atoms with Gasteiger partial charge in [-0.25, -0.2) is 9.97 Å². The van der Waals surface area contributed by atoms with Gasteiger partial charge in [-0.1, -0.05) is 158 Å². The van der Waals surface area contributed by atoms with E-state index < -0.39 is 0 Å². The molecule has 0 atom stereocenters. The second kappa shape index (κ2) is 12.9. The number of rotatable bonds is 6. The molecule has 10 aromatic rings. The topological polar surface area (TPSA) is 29.0 Å². The summed E-state index contributed by atoms with van der Waals surface area (Å²) in [5, 5.41) is 6.96. The van der Waals surface area contributed by atoms with Crippen LogP contribution in [0.2, 0.25) is 0 Å². The van der Waals surface area contributed by atoms with Gasteiger partial charge in [0.05, 0.1) is 22.4 Å². The van der Waals surface area contributed by atoms with Crippen LogP contribution in [-0.4, -0.2) is 9.97 Å². The summed E-state index contributed by atoms with van der Waals surface area (Å²) in [6.45, 7) is 0. The van der Waals surface area contributed by atoms with E-state index in [0.717, 1.165) is 72.2 Å². The van der Waals surface area contributed by atoms with Gasteiger partial charge in [0.1, 0.15) is 0 Å². The Balaban J connectivity index is 1.18. The predicted octanol–water partition coefficient (Wildman–Crippen LogP) is 13.6. The zero-order valence-corrected chi connectivity index (χ0v) is 28.9. The normalized spacial score (nSPS) is 11.4. The van der Waals surface area contributed by atoms with Crippen LogP contribution in [-0.2, 0) is 0 Å². The van der Waals surface area contributed by atoms with Crippen LogP contribution in [0.25, 0.3) is 77.0 Å². The summed E-state index contributed by atoms with van der Waals surface area (Å²) >= 11 is 0. The Bertz CT molecular complexity index is 2940. The Kier molecular flexibility index (Phi) is 7.47. The molecule has 248 valence electrons. The first-order valence-electron chi connectivity index (χ1n) is 18.0. The summed E-state index contributed by atoms with van der Waals surface area (Å²) in [6, 6.07) is 71.0. The standard InChI is InChI=1S/C50H33N3/c1-4-13-34(14-5-1)40-21-12-22-42(31-40)53(43-27-25-35-15-10-11-20-39(35)32-43)44-28-29-45-41(33-44)24-23-36-26-30-46-50(47(36)45)52-49(38-18-8-3-9-19-38)48(51-46)37-16-6-2-7-17-37/h1-33H. The zero-order chi connectivity index (χ0) is 35.1. The minimum absolute atomic E-state index is 0.878. The van der Waals surface area contributed by atoms with Gasteiger partial charge in [-0.2, -0.15) is 0 Å². The summed E-state index contributed by atoms with van der Waals surface area (Å²) < 4.78 is 0. The molecule has 1 aromatic heterocycles. The van der Waals surface area contributed by atoms with Crippen molar-refractivity contribution in [1.82, 2.24) is 9.97 Å². The molecule has 1 heterocycles. The fraction of sp³-hybridized carbons (Fsp3) is 0. The molecule has 0 aliphatic heterocycles. The van der Waals surface area contributed by atoms with Crippen molar-refractivity contribution in [1.29, 1.82) is 0 Å². The smallest absolute Gasteiger partial charge is 0.0979 e. The minimum atomic E-state index is 0.878. The Morgan fingerprint density at radius 1 is 0.321 bits per heavy atom. The monoisotopic (exact) mass is 675 g/mol. The molecule has 0 N–H and O–H groups in total. The van der Waals surface area contributed by atoms with Gasteiger partial charge in [0.25, 0.3) is 0 Å². The van der Waals surface area contributed by atoms with Gasteiger partial charge >= 0.3 is 0 Å². The van der Waals surface area contributed by atoms with Gasteiger partial charge in [-0.15, -0.1) is 0 Å². The lowest BCUT2D eigenvalue weighted by Crippen LogP contribution is -2.10. The molecule has 0 radical (unpaired) electrons. The van der Waals surface area contributed by atoms with Crippen molar-refractivity contribution >= 4 is 60.4 Å². The minimum Gasteiger partial charge on any atom is -0.310 e. The van der Waals surface area contributed by atoms with Crippen molar-refractivity contribution in [3.63, 3.8) is 0 Å². The molecule has 0 amide bonds. The largest absolute Gasteiger partial charge is 0.310 e. The van der Waals surface area contributed by atoms with Crippen LogP contribution in [0, 0.1) is 0 Å². The molecule has 0 spiro atoms. The Hall–Kier alpha value is -7.10. The van der Waals surface area contributed by atoms with E-state index in [9.17, 15) is 0 Å². The molecule has 10 rings (SSSR count). The lowest BCUT2D eigenvalue weighted by Gasteiger charge is -2.27. The fourth-order valence-corrected chi connectivity index (χ4v) is 7.61. The lowest BCUT2D eigenvalue weighted by atomic mass is 9.98.